The molecule has 0 saturated heterocycles. The summed E-state index contributed by atoms with van der Waals surface area (Å²) < 4.78 is 0. The summed E-state index contributed by atoms with van der Waals surface area (Å²) in [5.74, 6) is 0.367. The second-order valence-corrected chi connectivity index (χ2v) is 8.34. The van der Waals surface area contributed by atoms with Crippen LogP contribution in [0.5, 0.6) is 5.75 Å². The highest BCUT2D eigenvalue weighted by Crippen LogP contribution is 2.23. The van der Waals surface area contributed by atoms with Gasteiger partial charge in [-0.1, -0.05) is 87.4 Å². The van der Waals surface area contributed by atoms with E-state index in [1.165, 1.54) is 22.0 Å². The summed E-state index contributed by atoms with van der Waals surface area (Å²) in [5.41, 5.74) is 4.86. The average molecular weight is 397 g/mol. The number of nitrogens with one attached hydrogen (secondary N) is 1. The van der Waals surface area contributed by atoms with E-state index in [0.29, 0.717) is 14.3 Å². The van der Waals surface area contributed by atoms with E-state index in [1.807, 2.05) is 36.4 Å². The maximum atomic E-state index is 10.5. The number of phenolic OH excluding ortho intramolecular Hbond substituents is 1. The Kier molecular flexibility index (Phi) is 6.24. The van der Waals surface area contributed by atoms with Crippen LogP contribution in [-0.4, -0.2) is 5.11 Å². The summed E-state index contributed by atoms with van der Waals surface area (Å²) in [6.07, 6.45) is 0.871. The summed E-state index contributed by atoms with van der Waals surface area (Å²) in [4.78, 5) is 0. The maximum Gasteiger partial charge on any atom is 0.123 e. The summed E-state index contributed by atoms with van der Waals surface area (Å²) in [6.45, 7) is 0.762. The first kappa shape index (κ1) is 19.2. The number of para-hydroxylation sites is 1. The van der Waals surface area contributed by atoms with E-state index in [1.54, 1.807) is 0 Å². The molecule has 1 atom stereocenters. The van der Waals surface area contributed by atoms with Gasteiger partial charge >= 0.3 is 0 Å². The summed E-state index contributed by atoms with van der Waals surface area (Å²) in [7, 11) is 0.409. The third-order valence-electron chi connectivity index (χ3n) is 4.86. The average Bonchev–Trinajstić information content (AvgIpc) is 2.77. The SMILES string of the molecule is Oc1ccc(Cc2ccccc2)cc1Pc1ccccc1CNc1ccccc1. The van der Waals surface area contributed by atoms with Crippen LogP contribution < -0.4 is 15.9 Å². The zero-order chi connectivity index (χ0) is 19.9. The van der Waals surface area contributed by atoms with Gasteiger partial charge in [-0.3, -0.25) is 0 Å². The highest BCUT2D eigenvalue weighted by Gasteiger charge is 2.08. The molecule has 0 saturated carbocycles. The lowest BCUT2D eigenvalue weighted by molar-refractivity contribution is 0.479. The third-order valence-corrected chi connectivity index (χ3v) is 6.28. The monoisotopic (exact) mass is 397 g/mol. The molecule has 0 fully saturated rings. The fraction of sp³-hybridized carbons (Fsp3) is 0.0769. The Balaban J connectivity index is 1.52. The van der Waals surface area contributed by atoms with Crippen LogP contribution in [0.25, 0.3) is 0 Å². The van der Waals surface area contributed by atoms with Crippen LogP contribution in [-0.2, 0) is 13.0 Å². The second kappa shape index (κ2) is 9.41. The minimum Gasteiger partial charge on any atom is -0.507 e. The van der Waals surface area contributed by atoms with Gasteiger partial charge in [-0.25, -0.2) is 0 Å². The molecule has 4 aromatic rings. The van der Waals surface area contributed by atoms with Crippen molar-refractivity contribution in [2.45, 2.75) is 13.0 Å². The van der Waals surface area contributed by atoms with Gasteiger partial charge in [-0.2, -0.15) is 0 Å². The van der Waals surface area contributed by atoms with E-state index in [4.69, 9.17) is 0 Å². The van der Waals surface area contributed by atoms with E-state index >= 15 is 0 Å². The van der Waals surface area contributed by atoms with E-state index in [-0.39, 0.29) is 0 Å². The van der Waals surface area contributed by atoms with E-state index in [0.717, 1.165) is 24.0 Å². The molecule has 144 valence electrons. The lowest BCUT2D eigenvalue weighted by Crippen LogP contribution is -2.13. The fourth-order valence-corrected chi connectivity index (χ4v) is 4.59. The number of phenols is 1. The van der Waals surface area contributed by atoms with E-state index < -0.39 is 0 Å². The Hall–Kier alpha value is -3.09. The van der Waals surface area contributed by atoms with Gasteiger partial charge in [0.2, 0.25) is 0 Å². The molecule has 29 heavy (non-hydrogen) atoms. The van der Waals surface area contributed by atoms with Crippen molar-refractivity contribution in [2.24, 2.45) is 0 Å². The Morgan fingerprint density at radius 3 is 2.14 bits per heavy atom. The summed E-state index contributed by atoms with van der Waals surface area (Å²) in [5, 5.41) is 16.2. The van der Waals surface area contributed by atoms with Crippen LogP contribution in [0.15, 0.2) is 103 Å². The number of aromatic hydroxyl groups is 1. The van der Waals surface area contributed by atoms with Crippen LogP contribution in [0, 0.1) is 0 Å². The Bertz CT molecular complexity index is 1060. The van der Waals surface area contributed by atoms with Crippen molar-refractivity contribution >= 4 is 24.9 Å². The predicted molar refractivity (Wildman–Crippen MR) is 125 cm³/mol. The van der Waals surface area contributed by atoms with Crippen LogP contribution in [0.2, 0.25) is 0 Å². The number of rotatable bonds is 7. The molecule has 0 aliphatic rings. The van der Waals surface area contributed by atoms with Crippen molar-refractivity contribution in [3.8, 4) is 5.75 Å². The van der Waals surface area contributed by atoms with E-state index in [9.17, 15) is 5.11 Å². The number of anilines is 1. The first-order valence-corrected chi connectivity index (χ1v) is 10.8. The first-order valence-electron chi connectivity index (χ1n) is 9.77. The van der Waals surface area contributed by atoms with Gasteiger partial charge in [0.15, 0.2) is 0 Å². The van der Waals surface area contributed by atoms with Crippen molar-refractivity contribution in [1.29, 1.82) is 0 Å². The predicted octanol–water partition coefficient (Wildman–Crippen LogP) is 5.22. The molecule has 4 rings (SSSR count). The molecule has 0 radical (unpaired) electrons. The van der Waals surface area contributed by atoms with Gasteiger partial charge in [0.1, 0.15) is 5.75 Å². The molecule has 2 nitrogen and oxygen atoms in total. The van der Waals surface area contributed by atoms with E-state index in [2.05, 4.69) is 72.0 Å². The minimum absolute atomic E-state index is 0.367. The lowest BCUT2D eigenvalue weighted by Gasteiger charge is -2.13. The van der Waals surface area contributed by atoms with Gasteiger partial charge < -0.3 is 10.4 Å². The zero-order valence-corrected chi connectivity index (χ0v) is 17.2. The van der Waals surface area contributed by atoms with Crippen LogP contribution in [0.4, 0.5) is 5.69 Å². The van der Waals surface area contributed by atoms with Crippen LogP contribution in [0.3, 0.4) is 0 Å². The van der Waals surface area contributed by atoms with Gasteiger partial charge in [-0.15, -0.1) is 0 Å². The number of hydrogen-bond donors (Lipinski definition) is 2. The molecule has 2 N–H and O–H groups in total. The topological polar surface area (TPSA) is 32.3 Å². The van der Waals surface area contributed by atoms with Crippen LogP contribution >= 0.6 is 8.58 Å². The highest BCUT2D eigenvalue weighted by molar-refractivity contribution is 7.55. The second-order valence-electron chi connectivity index (χ2n) is 7.02. The molecule has 4 aromatic carbocycles. The van der Waals surface area contributed by atoms with Crippen molar-refractivity contribution in [2.75, 3.05) is 5.32 Å². The number of hydrogen-bond acceptors (Lipinski definition) is 2. The normalized spacial score (nSPS) is 11.0. The fourth-order valence-electron chi connectivity index (χ4n) is 3.32. The van der Waals surface area contributed by atoms with Gasteiger partial charge in [-0.05, 0) is 52.7 Å². The molecule has 0 aliphatic heterocycles. The van der Waals surface area contributed by atoms with Crippen molar-refractivity contribution < 1.29 is 5.11 Å². The molecule has 0 bridgehead atoms. The number of benzene rings is 4. The van der Waals surface area contributed by atoms with Crippen molar-refractivity contribution in [3.05, 3.63) is 120 Å². The summed E-state index contributed by atoms with van der Waals surface area (Å²) >= 11 is 0. The van der Waals surface area contributed by atoms with Crippen molar-refractivity contribution in [3.63, 3.8) is 0 Å². The molecule has 0 amide bonds. The molecule has 1 unspecified atom stereocenters. The van der Waals surface area contributed by atoms with Gasteiger partial charge in [0, 0.05) is 17.5 Å². The Morgan fingerprint density at radius 1 is 0.655 bits per heavy atom. The maximum absolute atomic E-state index is 10.5. The largest absolute Gasteiger partial charge is 0.507 e. The molecule has 0 aromatic heterocycles. The van der Waals surface area contributed by atoms with Crippen molar-refractivity contribution in [1.82, 2.24) is 0 Å². The molecular weight excluding hydrogens is 373 g/mol. The lowest BCUT2D eigenvalue weighted by atomic mass is 10.1. The van der Waals surface area contributed by atoms with Gasteiger partial charge in [0.25, 0.3) is 0 Å². The molecule has 0 spiro atoms. The molecule has 3 heteroatoms. The van der Waals surface area contributed by atoms with Crippen LogP contribution in [0.1, 0.15) is 16.7 Å². The highest BCUT2D eigenvalue weighted by atomic mass is 31.1. The molecular formula is C26H24NOP. The zero-order valence-electron chi connectivity index (χ0n) is 16.2. The Labute approximate surface area is 174 Å². The molecule has 0 heterocycles. The summed E-state index contributed by atoms with van der Waals surface area (Å²) in [6, 6.07) is 35.1. The smallest absolute Gasteiger partial charge is 0.123 e. The Morgan fingerprint density at radius 2 is 1.34 bits per heavy atom. The third kappa shape index (κ3) is 5.25. The quantitative estimate of drug-likeness (QED) is 0.419. The minimum atomic E-state index is 0.367. The first-order chi connectivity index (χ1) is 14.3. The van der Waals surface area contributed by atoms with Gasteiger partial charge in [0.05, 0.1) is 0 Å². The standard InChI is InChI=1S/C26H24NOP/c28-24-16-15-21(17-20-9-3-1-4-10-20)18-26(24)29-25-14-8-7-11-22(25)19-27-23-12-5-2-6-13-23/h1-16,18,27-29H,17,19H2. The molecule has 0 aliphatic carbocycles.